The summed E-state index contributed by atoms with van der Waals surface area (Å²) in [6, 6.07) is 0. The first-order chi connectivity index (χ1) is 6.77. The van der Waals surface area contributed by atoms with E-state index in [1.54, 1.807) is 7.11 Å². The van der Waals surface area contributed by atoms with E-state index in [-0.39, 0.29) is 17.1 Å². The van der Waals surface area contributed by atoms with Crippen LogP contribution >= 0.6 is 11.6 Å². The van der Waals surface area contributed by atoms with Crippen LogP contribution in [0.2, 0.25) is 0 Å². The summed E-state index contributed by atoms with van der Waals surface area (Å²) in [6.45, 7) is 0.800. The van der Waals surface area contributed by atoms with Crippen LogP contribution in [0.3, 0.4) is 0 Å². The Bertz CT molecular complexity index is 194. The van der Waals surface area contributed by atoms with Crippen LogP contribution in [0.5, 0.6) is 0 Å². The van der Waals surface area contributed by atoms with Crippen molar-refractivity contribution >= 4 is 11.6 Å². The quantitative estimate of drug-likeness (QED) is 0.631. The maximum atomic E-state index is 6.23. The molecule has 2 aliphatic rings. The van der Waals surface area contributed by atoms with Crippen molar-refractivity contribution in [3.8, 4) is 0 Å². The van der Waals surface area contributed by atoms with Gasteiger partial charge in [0.15, 0.2) is 0 Å². The Morgan fingerprint density at radius 3 is 2.93 bits per heavy atom. The third-order valence-corrected chi connectivity index (χ3v) is 3.95. The van der Waals surface area contributed by atoms with Crippen molar-refractivity contribution in [1.82, 2.24) is 0 Å². The van der Waals surface area contributed by atoms with E-state index in [9.17, 15) is 0 Å². The van der Waals surface area contributed by atoms with Crippen molar-refractivity contribution < 1.29 is 9.47 Å². The molecule has 3 heteroatoms. The van der Waals surface area contributed by atoms with Gasteiger partial charge in [-0.3, -0.25) is 0 Å². The third kappa shape index (κ3) is 1.93. The number of halogens is 1. The Labute approximate surface area is 90.9 Å². The number of hydrogen-bond acceptors (Lipinski definition) is 2. The number of hydrogen-bond donors (Lipinski definition) is 0. The van der Waals surface area contributed by atoms with E-state index in [2.05, 4.69) is 0 Å². The fourth-order valence-electron chi connectivity index (χ4n) is 2.84. The van der Waals surface area contributed by atoms with E-state index in [1.807, 2.05) is 0 Å². The molecule has 1 saturated carbocycles. The summed E-state index contributed by atoms with van der Waals surface area (Å²) in [5.74, 6) is 0. The van der Waals surface area contributed by atoms with Gasteiger partial charge in [0.05, 0.1) is 11.7 Å². The van der Waals surface area contributed by atoms with Crippen LogP contribution in [0.4, 0.5) is 0 Å². The van der Waals surface area contributed by atoms with Gasteiger partial charge in [0.2, 0.25) is 0 Å². The molecule has 1 saturated heterocycles. The van der Waals surface area contributed by atoms with Gasteiger partial charge in [-0.25, -0.2) is 0 Å². The van der Waals surface area contributed by atoms with Crippen molar-refractivity contribution in [3.63, 3.8) is 0 Å². The van der Waals surface area contributed by atoms with Crippen LogP contribution in [0.25, 0.3) is 0 Å². The SMILES string of the molecule is COC1CCCCC12CC(Cl)CCO2. The van der Waals surface area contributed by atoms with Crippen LogP contribution in [0, 0.1) is 0 Å². The van der Waals surface area contributed by atoms with E-state index in [0.717, 1.165) is 32.3 Å². The first kappa shape index (κ1) is 10.7. The lowest BCUT2D eigenvalue weighted by atomic mass is 9.77. The highest BCUT2D eigenvalue weighted by Crippen LogP contribution is 2.41. The lowest BCUT2D eigenvalue weighted by Gasteiger charge is -2.46. The molecule has 1 spiro atoms. The molecule has 2 fully saturated rings. The Balaban J connectivity index is 2.09. The first-order valence-corrected chi connectivity index (χ1v) is 6.01. The largest absolute Gasteiger partial charge is 0.378 e. The van der Waals surface area contributed by atoms with Crippen molar-refractivity contribution in [1.29, 1.82) is 0 Å². The van der Waals surface area contributed by atoms with Gasteiger partial charge in [0, 0.05) is 19.1 Å². The number of alkyl halides is 1. The molecule has 3 atom stereocenters. The highest BCUT2D eigenvalue weighted by atomic mass is 35.5. The van der Waals surface area contributed by atoms with Crippen LogP contribution in [-0.2, 0) is 9.47 Å². The average Bonchev–Trinajstić information content (AvgIpc) is 2.18. The summed E-state index contributed by atoms with van der Waals surface area (Å²) in [7, 11) is 1.79. The molecule has 0 aromatic carbocycles. The predicted molar refractivity (Wildman–Crippen MR) is 56.8 cm³/mol. The molecule has 2 rings (SSSR count). The van der Waals surface area contributed by atoms with Gasteiger partial charge in [-0.1, -0.05) is 12.8 Å². The molecular weight excluding hydrogens is 200 g/mol. The molecular formula is C11H19ClO2. The van der Waals surface area contributed by atoms with Crippen molar-refractivity contribution in [2.75, 3.05) is 13.7 Å². The molecule has 1 aliphatic heterocycles. The van der Waals surface area contributed by atoms with Crippen LogP contribution in [0.1, 0.15) is 38.5 Å². The van der Waals surface area contributed by atoms with E-state index in [1.165, 1.54) is 12.8 Å². The third-order valence-electron chi connectivity index (χ3n) is 3.58. The molecule has 82 valence electrons. The summed E-state index contributed by atoms with van der Waals surface area (Å²) in [6.07, 6.45) is 6.97. The Morgan fingerprint density at radius 2 is 2.21 bits per heavy atom. The number of ether oxygens (including phenoxy) is 2. The Morgan fingerprint density at radius 1 is 1.36 bits per heavy atom. The second-order valence-electron chi connectivity index (χ2n) is 4.47. The minimum atomic E-state index is -0.0579. The molecule has 0 bridgehead atoms. The summed E-state index contributed by atoms with van der Waals surface area (Å²) in [5.41, 5.74) is -0.0579. The second kappa shape index (κ2) is 4.38. The summed E-state index contributed by atoms with van der Waals surface area (Å²) < 4.78 is 11.5. The molecule has 1 aliphatic carbocycles. The molecule has 0 aromatic heterocycles. The standard InChI is InChI=1S/C11H19ClO2/c1-13-10-4-2-3-6-11(10)8-9(12)5-7-14-11/h9-10H,2-8H2,1H3. The number of rotatable bonds is 1. The molecule has 0 radical (unpaired) electrons. The first-order valence-electron chi connectivity index (χ1n) is 5.58. The lowest BCUT2D eigenvalue weighted by molar-refractivity contribution is -0.173. The predicted octanol–water partition coefficient (Wildman–Crippen LogP) is 2.73. The normalized spacial score (nSPS) is 44.1. The monoisotopic (exact) mass is 218 g/mol. The van der Waals surface area contributed by atoms with E-state index in [4.69, 9.17) is 21.1 Å². The molecule has 0 N–H and O–H groups in total. The smallest absolute Gasteiger partial charge is 0.0956 e. The van der Waals surface area contributed by atoms with Gasteiger partial charge in [0.25, 0.3) is 0 Å². The summed E-state index contributed by atoms with van der Waals surface area (Å²) >= 11 is 6.23. The fourth-order valence-corrected chi connectivity index (χ4v) is 3.19. The summed E-state index contributed by atoms with van der Waals surface area (Å²) in [4.78, 5) is 0. The number of methoxy groups -OCH3 is 1. The van der Waals surface area contributed by atoms with Gasteiger partial charge in [-0.2, -0.15) is 0 Å². The van der Waals surface area contributed by atoms with Gasteiger partial charge in [-0.15, -0.1) is 11.6 Å². The zero-order valence-electron chi connectivity index (χ0n) is 8.80. The molecule has 0 aromatic rings. The van der Waals surface area contributed by atoms with Gasteiger partial charge < -0.3 is 9.47 Å². The van der Waals surface area contributed by atoms with Crippen molar-refractivity contribution in [3.05, 3.63) is 0 Å². The van der Waals surface area contributed by atoms with Gasteiger partial charge in [0.1, 0.15) is 0 Å². The molecule has 3 unspecified atom stereocenters. The maximum Gasteiger partial charge on any atom is 0.0956 e. The maximum absolute atomic E-state index is 6.23. The fraction of sp³-hybridized carbons (Fsp3) is 1.00. The Kier molecular flexibility index (Phi) is 3.35. The zero-order chi connectivity index (χ0) is 10.0. The van der Waals surface area contributed by atoms with Crippen LogP contribution in [-0.4, -0.2) is 30.8 Å². The lowest BCUT2D eigenvalue weighted by Crippen LogP contribution is -2.52. The topological polar surface area (TPSA) is 18.5 Å². The van der Waals surface area contributed by atoms with E-state index >= 15 is 0 Å². The second-order valence-corrected chi connectivity index (χ2v) is 5.09. The van der Waals surface area contributed by atoms with Crippen LogP contribution < -0.4 is 0 Å². The minimum absolute atomic E-state index is 0.0579. The summed E-state index contributed by atoms with van der Waals surface area (Å²) in [5, 5.41) is 0.277. The average molecular weight is 219 g/mol. The van der Waals surface area contributed by atoms with Gasteiger partial charge >= 0.3 is 0 Å². The van der Waals surface area contributed by atoms with Crippen LogP contribution in [0.15, 0.2) is 0 Å². The van der Waals surface area contributed by atoms with Crippen molar-refractivity contribution in [2.45, 2.75) is 55.6 Å². The highest BCUT2D eigenvalue weighted by molar-refractivity contribution is 6.20. The van der Waals surface area contributed by atoms with E-state index in [0.29, 0.717) is 0 Å². The zero-order valence-corrected chi connectivity index (χ0v) is 9.55. The minimum Gasteiger partial charge on any atom is -0.378 e. The Hall–Kier alpha value is 0.210. The highest BCUT2D eigenvalue weighted by Gasteiger charge is 2.45. The van der Waals surface area contributed by atoms with Gasteiger partial charge in [-0.05, 0) is 25.7 Å². The van der Waals surface area contributed by atoms with E-state index < -0.39 is 0 Å². The molecule has 14 heavy (non-hydrogen) atoms. The van der Waals surface area contributed by atoms with Crippen molar-refractivity contribution in [2.24, 2.45) is 0 Å². The molecule has 2 nitrogen and oxygen atoms in total. The molecule has 1 heterocycles. The molecule has 0 amide bonds.